The summed E-state index contributed by atoms with van der Waals surface area (Å²) in [6, 6.07) is 12.9. The van der Waals surface area contributed by atoms with Gasteiger partial charge in [0.15, 0.2) is 0 Å². The predicted molar refractivity (Wildman–Crippen MR) is 104 cm³/mol. The van der Waals surface area contributed by atoms with E-state index in [0.717, 1.165) is 22.4 Å². The molecule has 27 heavy (non-hydrogen) atoms. The average molecular weight is 384 g/mol. The molecular weight excluding hydrogens is 364 g/mol. The van der Waals surface area contributed by atoms with Crippen molar-refractivity contribution in [2.45, 2.75) is 13.0 Å². The summed E-state index contributed by atoms with van der Waals surface area (Å²) in [7, 11) is -1.37. The zero-order chi connectivity index (χ0) is 19.2. The molecule has 0 atom stereocenters. The van der Waals surface area contributed by atoms with Crippen molar-refractivity contribution in [3.05, 3.63) is 59.4 Å². The van der Waals surface area contributed by atoms with Crippen LogP contribution in [-0.2, 0) is 30.0 Å². The molecule has 0 saturated heterocycles. The standard InChI is InChI=1S/C19H20N4O3S/c1-22-17-6-4-3-5-15(17)21-18(22)12-20-19(24)14-7-8-16-13(11-14)9-10-23(16)27(2,25)26/h3-8,11H,9-10,12H2,1-2H3,(H,20,24). The molecule has 7 nitrogen and oxygen atoms in total. The molecule has 0 spiro atoms. The van der Waals surface area contributed by atoms with Crippen molar-refractivity contribution in [1.29, 1.82) is 0 Å². The Morgan fingerprint density at radius 1 is 1.22 bits per heavy atom. The Kier molecular flexibility index (Phi) is 4.15. The van der Waals surface area contributed by atoms with Gasteiger partial charge in [0.05, 0.1) is 29.5 Å². The molecule has 1 aliphatic rings. The SMILES string of the molecule is Cn1c(CNC(=O)c2ccc3c(c2)CCN3S(C)(=O)=O)nc2ccccc21. The van der Waals surface area contributed by atoms with Crippen molar-refractivity contribution < 1.29 is 13.2 Å². The van der Waals surface area contributed by atoms with Gasteiger partial charge in [-0.2, -0.15) is 0 Å². The largest absolute Gasteiger partial charge is 0.345 e. The van der Waals surface area contributed by atoms with Crippen molar-refractivity contribution in [3.63, 3.8) is 0 Å². The summed E-state index contributed by atoms with van der Waals surface area (Å²) >= 11 is 0. The Hall–Kier alpha value is -2.87. The second-order valence-corrected chi connectivity index (χ2v) is 8.59. The molecule has 0 fully saturated rings. The number of carbonyl (C=O) groups excluding carboxylic acids is 1. The maximum absolute atomic E-state index is 12.5. The quantitative estimate of drug-likeness (QED) is 0.744. The van der Waals surface area contributed by atoms with Crippen molar-refractivity contribution in [3.8, 4) is 0 Å². The monoisotopic (exact) mass is 384 g/mol. The fraction of sp³-hybridized carbons (Fsp3) is 0.263. The molecule has 1 N–H and O–H groups in total. The molecule has 0 aliphatic carbocycles. The lowest BCUT2D eigenvalue weighted by atomic mass is 10.1. The van der Waals surface area contributed by atoms with Crippen LogP contribution in [0.25, 0.3) is 11.0 Å². The van der Waals surface area contributed by atoms with E-state index in [1.54, 1.807) is 18.2 Å². The van der Waals surface area contributed by atoms with Crippen LogP contribution in [0.3, 0.4) is 0 Å². The smallest absolute Gasteiger partial charge is 0.251 e. The maximum Gasteiger partial charge on any atom is 0.251 e. The highest BCUT2D eigenvalue weighted by Gasteiger charge is 2.26. The topological polar surface area (TPSA) is 84.3 Å². The molecule has 140 valence electrons. The van der Waals surface area contributed by atoms with Gasteiger partial charge >= 0.3 is 0 Å². The molecule has 2 aromatic carbocycles. The van der Waals surface area contributed by atoms with Gasteiger partial charge in [0, 0.05) is 19.2 Å². The number of anilines is 1. The molecule has 0 radical (unpaired) electrons. The van der Waals surface area contributed by atoms with E-state index in [0.29, 0.717) is 30.8 Å². The van der Waals surface area contributed by atoms with Gasteiger partial charge in [-0.25, -0.2) is 13.4 Å². The lowest BCUT2D eigenvalue weighted by Crippen LogP contribution is -2.27. The molecule has 1 amide bonds. The third kappa shape index (κ3) is 3.16. The van der Waals surface area contributed by atoms with E-state index in [1.807, 2.05) is 35.9 Å². The van der Waals surface area contributed by atoms with Gasteiger partial charge in [-0.1, -0.05) is 12.1 Å². The Balaban J connectivity index is 1.51. The Labute approximate surface area is 157 Å². The third-order valence-electron chi connectivity index (χ3n) is 4.88. The van der Waals surface area contributed by atoms with Crippen molar-refractivity contribution in [2.75, 3.05) is 17.1 Å². The van der Waals surface area contributed by atoms with Crippen LogP contribution in [0.15, 0.2) is 42.5 Å². The summed E-state index contributed by atoms with van der Waals surface area (Å²) in [6.45, 7) is 0.732. The Bertz CT molecular complexity index is 1150. The molecule has 1 aliphatic heterocycles. The van der Waals surface area contributed by atoms with E-state index in [1.165, 1.54) is 10.6 Å². The minimum Gasteiger partial charge on any atom is -0.345 e. The summed E-state index contributed by atoms with van der Waals surface area (Å²) in [5.41, 5.74) is 3.95. The molecular formula is C19H20N4O3S. The summed E-state index contributed by atoms with van der Waals surface area (Å²) in [5.74, 6) is 0.566. The predicted octanol–water partition coefficient (Wildman–Crippen LogP) is 1.83. The lowest BCUT2D eigenvalue weighted by Gasteiger charge is -2.16. The first-order valence-electron chi connectivity index (χ1n) is 8.64. The van der Waals surface area contributed by atoms with Gasteiger partial charge in [-0.05, 0) is 42.3 Å². The summed E-state index contributed by atoms with van der Waals surface area (Å²) < 4.78 is 27.0. The lowest BCUT2D eigenvalue weighted by molar-refractivity contribution is 0.0949. The summed E-state index contributed by atoms with van der Waals surface area (Å²) in [6.07, 6.45) is 1.80. The van der Waals surface area contributed by atoms with E-state index in [4.69, 9.17) is 0 Å². The first-order valence-corrected chi connectivity index (χ1v) is 10.5. The third-order valence-corrected chi connectivity index (χ3v) is 6.06. The maximum atomic E-state index is 12.5. The first-order chi connectivity index (χ1) is 12.8. The Morgan fingerprint density at radius 3 is 2.74 bits per heavy atom. The van der Waals surface area contributed by atoms with Crippen LogP contribution in [0.4, 0.5) is 5.69 Å². The molecule has 1 aromatic heterocycles. The fourth-order valence-electron chi connectivity index (χ4n) is 3.47. The van der Waals surface area contributed by atoms with Gasteiger partial charge < -0.3 is 9.88 Å². The minimum atomic E-state index is -3.29. The van der Waals surface area contributed by atoms with Crippen molar-refractivity contribution in [1.82, 2.24) is 14.9 Å². The van der Waals surface area contributed by atoms with E-state index in [-0.39, 0.29) is 5.91 Å². The number of aromatic nitrogens is 2. The number of imidazole rings is 1. The fourth-order valence-corrected chi connectivity index (χ4v) is 4.43. The van der Waals surface area contributed by atoms with Crippen LogP contribution in [0, 0.1) is 0 Å². The highest BCUT2D eigenvalue weighted by atomic mass is 32.2. The number of hydrogen-bond donors (Lipinski definition) is 1. The normalized spacial score (nSPS) is 13.8. The number of nitrogens with zero attached hydrogens (tertiary/aromatic N) is 3. The van der Waals surface area contributed by atoms with Crippen LogP contribution >= 0.6 is 0 Å². The van der Waals surface area contributed by atoms with Crippen LogP contribution in [-0.4, -0.2) is 36.7 Å². The van der Waals surface area contributed by atoms with E-state index >= 15 is 0 Å². The first kappa shape index (κ1) is 17.5. The van der Waals surface area contributed by atoms with E-state index in [2.05, 4.69) is 10.3 Å². The zero-order valence-corrected chi connectivity index (χ0v) is 16.0. The number of sulfonamides is 1. The molecule has 0 unspecified atom stereocenters. The molecule has 8 heteroatoms. The van der Waals surface area contributed by atoms with Gasteiger partial charge in [-0.15, -0.1) is 0 Å². The number of nitrogens with one attached hydrogen (secondary N) is 1. The molecule has 2 heterocycles. The Morgan fingerprint density at radius 2 is 2.00 bits per heavy atom. The number of hydrogen-bond acceptors (Lipinski definition) is 4. The number of rotatable bonds is 4. The highest BCUT2D eigenvalue weighted by molar-refractivity contribution is 7.92. The molecule has 3 aromatic rings. The second kappa shape index (κ2) is 6.38. The van der Waals surface area contributed by atoms with Crippen LogP contribution < -0.4 is 9.62 Å². The second-order valence-electron chi connectivity index (χ2n) is 6.69. The van der Waals surface area contributed by atoms with E-state index < -0.39 is 10.0 Å². The molecule has 4 rings (SSSR count). The van der Waals surface area contributed by atoms with E-state index in [9.17, 15) is 13.2 Å². The number of carbonyl (C=O) groups is 1. The van der Waals surface area contributed by atoms with Crippen LogP contribution in [0.1, 0.15) is 21.7 Å². The van der Waals surface area contributed by atoms with Crippen LogP contribution in [0.5, 0.6) is 0 Å². The van der Waals surface area contributed by atoms with Crippen molar-refractivity contribution >= 4 is 32.7 Å². The van der Waals surface area contributed by atoms with Crippen LogP contribution in [0.2, 0.25) is 0 Å². The number of amides is 1. The minimum absolute atomic E-state index is 0.206. The molecule has 0 bridgehead atoms. The summed E-state index contributed by atoms with van der Waals surface area (Å²) in [5, 5.41) is 2.90. The number of aryl methyl sites for hydroxylation is 1. The van der Waals surface area contributed by atoms with Gasteiger partial charge in [-0.3, -0.25) is 9.10 Å². The van der Waals surface area contributed by atoms with Gasteiger partial charge in [0.1, 0.15) is 5.82 Å². The molecule has 0 saturated carbocycles. The summed E-state index contributed by atoms with van der Waals surface area (Å²) in [4.78, 5) is 17.1. The number of para-hydroxylation sites is 2. The number of fused-ring (bicyclic) bond motifs is 2. The highest BCUT2D eigenvalue weighted by Crippen LogP contribution is 2.30. The zero-order valence-electron chi connectivity index (χ0n) is 15.1. The van der Waals surface area contributed by atoms with Gasteiger partial charge in [0.2, 0.25) is 10.0 Å². The van der Waals surface area contributed by atoms with Crippen molar-refractivity contribution in [2.24, 2.45) is 7.05 Å². The number of benzene rings is 2. The van der Waals surface area contributed by atoms with Gasteiger partial charge in [0.25, 0.3) is 5.91 Å². The average Bonchev–Trinajstić information content (AvgIpc) is 3.20.